The number of hydrogen-bond donors (Lipinski definition) is 2. The zero-order valence-corrected chi connectivity index (χ0v) is 13.3. The maximum absolute atomic E-state index is 12.0. The molecule has 116 valence electrons. The van der Waals surface area contributed by atoms with E-state index in [1.807, 2.05) is 7.05 Å². The molecule has 2 aliphatic carbocycles. The van der Waals surface area contributed by atoms with Crippen molar-refractivity contribution in [2.75, 3.05) is 20.6 Å². The summed E-state index contributed by atoms with van der Waals surface area (Å²) in [6.45, 7) is 3.05. The molecule has 2 fully saturated rings. The van der Waals surface area contributed by atoms with E-state index in [1.165, 1.54) is 32.1 Å². The third-order valence-corrected chi connectivity index (χ3v) is 5.68. The average Bonchev–Trinajstić information content (AvgIpc) is 3.29. The Morgan fingerprint density at radius 1 is 1.25 bits per heavy atom. The summed E-state index contributed by atoms with van der Waals surface area (Å²) in [6.07, 6.45) is 8.74. The number of carbonyl (C=O) groups is 1. The van der Waals surface area contributed by atoms with Crippen molar-refractivity contribution in [3.8, 4) is 0 Å². The molecule has 4 nitrogen and oxygen atoms in total. The predicted molar refractivity (Wildman–Crippen MR) is 82.4 cm³/mol. The third-order valence-electron chi connectivity index (χ3n) is 5.68. The van der Waals surface area contributed by atoms with Crippen LogP contribution < -0.4 is 11.1 Å². The van der Waals surface area contributed by atoms with Crippen molar-refractivity contribution in [1.29, 1.82) is 0 Å². The van der Waals surface area contributed by atoms with E-state index < -0.39 is 5.54 Å². The van der Waals surface area contributed by atoms with Crippen LogP contribution in [-0.2, 0) is 4.79 Å². The van der Waals surface area contributed by atoms with Gasteiger partial charge in [-0.3, -0.25) is 4.79 Å². The first kappa shape index (κ1) is 15.8. The Hall–Kier alpha value is -0.610. The van der Waals surface area contributed by atoms with Crippen LogP contribution >= 0.6 is 0 Å². The molecule has 0 aromatic heterocycles. The van der Waals surface area contributed by atoms with Gasteiger partial charge in [0.25, 0.3) is 0 Å². The van der Waals surface area contributed by atoms with Crippen LogP contribution in [0.4, 0.5) is 0 Å². The van der Waals surface area contributed by atoms with Gasteiger partial charge in [-0.2, -0.15) is 0 Å². The van der Waals surface area contributed by atoms with Crippen LogP contribution in [0.1, 0.15) is 51.9 Å². The number of rotatable bonds is 7. The van der Waals surface area contributed by atoms with Crippen molar-refractivity contribution in [2.45, 2.75) is 63.5 Å². The molecule has 0 aromatic rings. The summed E-state index contributed by atoms with van der Waals surface area (Å²) in [4.78, 5) is 14.4. The molecule has 0 aromatic carbocycles. The van der Waals surface area contributed by atoms with Gasteiger partial charge in [0.05, 0.1) is 0 Å². The van der Waals surface area contributed by atoms with Crippen LogP contribution in [0.3, 0.4) is 0 Å². The number of nitrogens with zero attached hydrogens (tertiary/aromatic N) is 1. The molecule has 20 heavy (non-hydrogen) atoms. The van der Waals surface area contributed by atoms with Gasteiger partial charge in [-0.05, 0) is 64.5 Å². The highest BCUT2D eigenvalue weighted by Crippen LogP contribution is 2.40. The fourth-order valence-electron chi connectivity index (χ4n) is 3.91. The van der Waals surface area contributed by atoms with E-state index in [4.69, 9.17) is 5.73 Å². The fourth-order valence-corrected chi connectivity index (χ4v) is 3.91. The lowest BCUT2D eigenvalue weighted by molar-refractivity contribution is -0.126. The topological polar surface area (TPSA) is 58.4 Å². The summed E-state index contributed by atoms with van der Waals surface area (Å²) in [7, 11) is 4.04. The minimum Gasteiger partial charge on any atom is -0.368 e. The second kappa shape index (κ2) is 6.44. The van der Waals surface area contributed by atoms with Gasteiger partial charge in [-0.1, -0.05) is 13.3 Å². The van der Waals surface area contributed by atoms with Gasteiger partial charge < -0.3 is 16.0 Å². The van der Waals surface area contributed by atoms with Crippen molar-refractivity contribution in [3.05, 3.63) is 0 Å². The maximum Gasteiger partial charge on any atom is 0.239 e. The zero-order chi connectivity index (χ0) is 14.8. The number of nitrogens with two attached hydrogens (primary N) is 1. The number of nitrogens with one attached hydrogen (secondary N) is 1. The second-order valence-electron chi connectivity index (χ2n) is 6.86. The Kier molecular flexibility index (Phi) is 5.08. The number of likely N-dealkylation sites (N-methyl/N-ethyl adjacent to an activating group) is 2. The highest BCUT2D eigenvalue weighted by atomic mass is 16.1. The third kappa shape index (κ3) is 3.17. The Morgan fingerprint density at radius 2 is 1.85 bits per heavy atom. The second-order valence-corrected chi connectivity index (χ2v) is 6.86. The lowest BCUT2D eigenvalue weighted by atomic mass is 9.83. The van der Waals surface area contributed by atoms with Gasteiger partial charge in [-0.15, -0.1) is 0 Å². The van der Waals surface area contributed by atoms with Crippen molar-refractivity contribution in [2.24, 2.45) is 17.6 Å². The first-order chi connectivity index (χ1) is 9.53. The Bertz CT molecular complexity index is 335. The van der Waals surface area contributed by atoms with Crippen LogP contribution in [0.2, 0.25) is 0 Å². The van der Waals surface area contributed by atoms with E-state index in [1.54, 1.807) is 0 Å². The fraction of sp³-hybridized carbons (Fsp3) is 0.938. The summed E-state index contributed by atoms with van der Waals surface area (Å²) in [5.41, 5.74) is 5.20. The van der Waals surface area contributed by atoms with Crippen molar-refractivity contribution < 1.29 is 4.79 Å². The van der Waals surface area contributed by atoms with Gasteiger partial charge in [0.15, 0.2) is 0 Å². The van der Waals surface area contributed by atoms with E-state index in [-0.39, 0.29) is 5.91 Å². The van der Waals surface area contributed by atoms with Crippen LogP contribution in [-0.4, -0.2) is 43.0 Å². The van der Waals surface area contributed by atoms with E-state index in [0.717, 1.165) is 25.3 Å². The van der Waals surface area contributed by atoms with Crippen LogP contribution in [0.25, 0.3) is 0 Å². The first-order valence-corrected chi connectivity index (χ1v) is 8.22. The monoisotopic (exact) mass is 281 g/mol. The molecule has 0 bridgehead atoms. The quantitative estimate of drug-likeness (QED) is 0.747. The Balaban J connectivity index is 1.95. The van der Waals surface area contributed by atoms with Crippen LogP contribution in [0.5, 0.6) is 0 Å². The van der Waals surface area contributed by atoms with Crippen LogP contribution in [0.15, 0.2) is 0 Å². The summed E-state index contributed by atoms with van der Waals surface area (Å²) in [5, 5.41) is 3.25. The molecule has 2 rings (SSSR count). The normalized spacial score (nSPS) is 30.2. The van der Waals surface area contributed by atoms with Crippen molar-refractivity contribution >= 4 is 5.91 Å². The molecule has 4 heteroatoms. The highest BCUT2D eigenvalue weighted by molar-refractivity contribution is 5.86. The number of hydrogen-bond acceptors (Lipinski definition) is 3. The molecular formula is C16H31N3O. The van der Waals surface area contributed by atoms with Gasteiger partial charge in [0.2, 0.25) is 5.91 Å². The minimum absolute atomic E-state index is 0.184. The largest absolute Gasteiger partial charge is 0.368 e. The molecule has 1 unspecified atom stereocenters. The zero-order valence-electron chi connectivity index (χ0n) is 13.3. The smallest absolute Gasteiger partial charge is 0.239 e. The van der Waals surface area contributed by atoms with Gasteiger partial charge in [-0.25, -0.2) is 0 Å². The standard InChI is InChI=1S/C16H31N3O/c1-4-12-5-9-14(10-6-12)19(3)11-16(18-2,15(17)20)13-7-8-13/h12-14,18H,4-11H2,1-3H3,(H2,17,20). The minimum atomic E-state index is -0.518. The van der Waals surface area contributed by atoms with E-state index in [2.05, 4.69) is 24.2 Å². The molecule has 2 aliphatic rings. The summed E-state index contributed by atoms with van der Waals surface area (Å²) >= 11 is 0. The molecule has 3 N–H and O–H groups in total. The van der Waals surface area contributed by atoms with E-state index >= 15 is 0 Å². The Morgan fingerprint density at radius 3 is 2.25 bits per heavy atom. The number of carbonyl (C=O) groups excluding carboxylic acids is 1. The molecule has 0 spiro atoms. The summed E-state index contributed by atoms with van der Waals surface area (Å²) in [6, 6.07) is 0.614. The molecule has 1 atom stereocenters. The Labute approximate surface area is 123 Å². The van der Waals surface area contributed by atoms with Gasteiger partial charge in [0.1, 0.15) is 5.54 Å². The van der Waals surface area contributed by atoms with Gasteiger partial charge in [0, 0.05) is 12.6 Å². The van der Waals surface area contributed by atoms with E-state index in [9.17, 15) is 4.79 Å². The average molecular weight is 281 g/mol. The number of primary amides is 1. The van der Waals surface area contributed by atoms with Crippen molar-refractivity contribution in [3.63, 3.8) is 0 Å². The summed E-state index contributed by atoms with van der Waals surface area (Å²) < 4.78 is 0. The van der Waals surface area contributed by atoms with E-state index in [0.29, 0.717) is 12.0 Å². The van der Waals surface area contributed by atoms with Crippen molar-refractivity contribution in [1.82, 2.24) is 10.2 Å². The molecule has 0 radical (unpaired) electrons. The highest BCUT2D eigenvalue weighted by Gasteiger charge is 2.49. The molecule has 1 amide bonds. The molecular weight excluding hydrogens is 250 g/mol. The maximum atomic E-state index is 12.0. The lowest BCUT2D eigenvalue weighted by Gasteiger charge is -2.40. The van der Waals surface area contributed by atoms with Crippen LogP contribution in [0, 0.1) is 11.8 Å². The first-order valence-electron chi connectivity index (χ1n) is 8.22. The van der Waals surface area contributed by atoms with Gasteiger partial charge >= 0.3 is 0 Å². The predicted octanol–water partition coefficient (Wildman–Crippen LogP) is 1.74. The molecule has 0 aliphatic heterocycles. The SMILES string of the molecule is CCC1CCC(N(C)CC(NC)(C(N)=O)C2CC2)CC1. The summed E-state index contributed by atoms with van der Waals surface area (Å²) in [5.74, 6) is 1.16. The molecule has 0 heterocycles. The number of amides is 1. The molecule has 0 saturated heterocycles. The molecule has 2 saturated carbocycles. The lowest BCUT2D eigenvalue weighted by Crippen LogP contribution is -2.62.